The van der Waals surface area contributed by atoms with E-state index in [-0.39, 0.29) is 0 Å². The molecule has 1 aliphatic heterocycles. The van der Waals surface area contributed by atoms with E-state index in [4.69, 9.17) is 9.72 Å². The number of hydrogen-bond donors (Lipinski definition) is 0. The van der Waals surface area contributed by atoms with Gasteiger partial charge in [-0.1, -0.05) is 17.3 Å². The maximum atomic E-state index is 5.23. The number of ether oxygens (including phenoxy) is 1. The maximum absolute atomic E-state index is 5.23. The second-order valence-corrected chi connectivity index (χ2v) is 7.07. The SMILES string of the molecule is c1cnc2cc(-n3nnc4cnc(Cc5cnn(C6COC6)c5)nc43)ccc2c1. The van der Waals surface area contributed by atoms with Gasteiger partial charge in [-0.3, -0.25) is 9.67 Å². The molecule has 1 aromatic carbocycles. The van der Waals surface area contributed by atoms with Crippen molar-refractivity contribution < 1.29 is 4.74 Å². The Labute approximate surface area is 165 Å². The van der Waals surface area contributed by atoms with Crippen molar-refractivity contribution in [3.05, 3.63) is 66.5 Å². The zero-order valence-corrected chi connectivity index (χ0v) is 15.4. The van der Waals surface area contributed by atoms with Crippen molar-refractivity contribution in [1.82, 2.24) is 39.7 Å². The molecule has 0 amide bonds. The van der Waals surface area contributed by atoms with Crippen LogP contribution in [0.4, 0.5) is 0 Å². The molecule has 0 atom stereocenters. The molecule has 4 aromatic heterocycles. The first kappa shape index (κ1) is 16.3. The number of pyridine rings is 1. The van der Waals surface area contributed by atoms with Crippen molar-refractivity contribution in [1.29, 1.82) is 0 Å². The van der Waals surface area contributed by atoms with Gasteiger partial charge in [0.05, 0.1) is 42.9 Å². The third kappa shape index (κ3) is 2.83. The summed E-state index contributed by atoms with van der Waals surface area (Å²) in [5, 5.41) is 14.0. The van der Waals surface area contributed by atoms with Gasteiger partial charge in [0.15, 0.2) is 11.2 Å². The van der Waals surface area contributed by atoms with E-state index in [1.807, 2.05) is 47.4 Å². The molecule has 9 nitrogen and oxygen atoms in total. The van der Waals surface area contributed by atoms with Crippen LogP contribution in [0.1, 0.15) is 17.4 Å². The van der Waals surface area contributed by atoms with E-state index in [2.05, 4.69) is 25.4 Å². The highest BCUT2D eigenvalue weighted by Crippen LogP contribution is 2.20. The van der Waals surface area contributed by atoms with Crippen LogP contribution in [-0.4, -0.2) is 52.9 Å². The average molecular weight is 384 g/mol. The molecule has 5 heterocycles. The van der Waals surface area contributed by atoms with E-state index in [1.165, 1.54) is 0 Å². The van der Waals surface area contributed by atoms with Crippen molar-refractivity contribution in [2.75, 3.05) is 13.2 Å². The van der Waals surface area contributed by atoms with Gasteiger partial charge in [-0.05, 0) is 23.8 Å². The zero-order valence-electron chi connectivity index (χ0n) is 15.4. The predicted molar refractivity (Wildman–Crippen MR) is 105 cm³/mol. The Morgan fingerprint density at radius 1 is 1.07 bits per heavy atom. The summed E-state index contributed by atoms with van der Waals surface area (Å²) in [6.07, 6.45) is 7.97. The smallest absolute Gasteiger partial charge is 0.187 e. The summed E-state index contributed by atoms with van der Waals surface area (Å²) in [7, 11) is 0. The summed E-state index contributed by atoms with van der Waals surface area (Å²) < 4.78 is 8.91. The molecule has 1 aliphatic rings. The van der Waals surface area contributed by atoms with Crippen LogP contribution in [0.2, 0.25) is 0 Å². The number of hydrogen-bond acceptors (Lipinski definition) is 7. The summed E-state index contributed by atoms with van der Waals surface area (Å²) in [6, 6.07) is 10.3. The van der Waals surface area contributed by atoms with E-state index < -0.39 is 0 Å². The van der Waals surface area contributed by atoms with Crippen LogP contribution < -0.4 is 0 Å². The third-order valence-corrected chi connectivity index (χ3v) is 5.09. The molecule has 0 N–H and O–H groups in total. The highest BCUT2D eigenvalue weighted by atomic mass is 16.5. The van der Waals surface area contributed by atoms with Crippen LogP contribution in [0.5, 0.6) is 0 Å². The van der Waals surface area contributed by atoms with Gasteiger partial charge in [0.1, 0.15) is 5.82 Å². The largest absolute Gasteiger partial charge is 0.377 e. The number of aromatic nitrogens is 8. The van der Waals surface area contributed by atoms with Gasteiger partial charge in [0.25, 0.3) is 0 Å². The van der Waals surface area contributed by atoms with E-state index in [1.54, 1.807) is 17.1 Å². The van der Waals surface area contributed by atoms with Gasteiger partial charge in [-0.15, -0.1) is 5.10 Å². The minimum Gasteiger partial charge on any atom is -0.377 e. The molecular weight excluding hydrogens is 368 g/mol. The lowest BCUT2D eigenvalue weighted by Crippen LogP contribution is -2.30. The Morgan fingerprint density at radius 2 is 2.03 bits per heavy atom. The van der Waals surface area contributed by atoms with Gasteiger partial charge < -0.3 is 4.74 Å². The second kappa shape index (κ2) is 6.42. The lowest BCUT2D eigenvalue weighted by molar-refractivity contribution is -0.0286. The minimum absolute atomic E-state index is 0.333. The standard InChI is InChI=1S/C20H16N8O/c1-2-14-3-4-15(7-17(14)21-5-1)28-20-18(25-26-28)9-22-19(24-20)6-13-8-23-27(10-13)16-11-29-12-16/h1-5,7-10,16H,6,11-12H2. The van der Waals surface area contributed by atoms with E-state index in [9.17, 15) is 0 Å². The lowest BCUT2D eigenvalue weighted by Gasteiger charge is -2.25. The van der Waals surface area contributed by atoms with Crippen molar-refractivity contribution in [3.8, 4) is 5.69 Å². The fourth-order valence-corrected chi connectivity index (χ4v) is 3.44. The molecule has 0 radical (unpaired) electrons. The Kier molecular flexibility index (Phi) is 3.60. The molecule has 0 saturated carbocycles. The molecule has 0 bridgehead atoms. The Bertz CT molecular complexity index is 1340. The zero-order chi connectivity index (χ0) is 19.2. The number of fused-ring (bicyclic) bond motifs is 2. The Morgan fingerprint density at radius 3 is 2.93 bits per heavy atom. The van der Waals surface area contributed by atoms with Crippen molar-refractivity contribution in [2.24, 2.45) is 0 Å². The summed E-state index contributed by atoms with van der Waals surface area (Å²) in [5.41, 5.74) is 4.14. The Hall–Kier alpha value is -3.72. The van der Waals surface area contributed by atoms with E-state index >= 15 is 0 Å². The molecule has 1 saturated heterocycles. The normalized spacial score (nSPS) is 14.5. The van der Waals surface area contributed by atoms with Crippen LogP contribution in [-0.2, 0) is 11.2 Å². The molecule has 5 aromatic rings. The molecular formula is C20H16N8O. The van der Waals surface area contributed by atoms with Crippen LogP contribution in [0.25, 0.3) is 27.8 Å². The molecule has 0 spiro atoms. The van der Waals surface area contributed by atoms with Crippen molar-refractivity contribution in [3.63, 3.8) is 0 Å². The first-order chi connectivity index (χ1) is 14.3. The molecule has 0 aliphatic carbocycles. The van der Waals surface area contributed by atoms with Gasteiger partial charge in [0, 0.05) is 24.2 Å². The predicted octanol–water partition coefficient (Wildman–Crippen LogP) is 2.12. The number of nitrogens with zero attached hydrogens (tertiary/aromatic N) is 8. The van der Waals surface area contributed by atoms with Crippen molar-refractivity contribution >= 4 is 22.1 Å². The first-order valence-corrected chi connectivity index (χ1v) is 9.37. The fraction of sp³-hybridized carbons (Fsp3) is 0.200. The number of rotatable bonds is 4. The third-order valence-electron chi connectivity index (χ3n) is 5.09. The highest BCUT2D eigenvalue weighted by Gasteiger charge is 2.21. The monoisotopic (exact) mass is 384 g/mol. The van der Waals surface area contributed by atoms with Crippen LogP contribution in [0.15, 0.2) is 55.1 Å². The molecule has 29 heavy (non-hydrogen) atoms. The van der Waals surface area contributed by atoms with E-state index in [0.29, 0.717) is 29.5 Å². The second-order valence-electron chi connectivity index (χ2n) is 7.07. The van der Waals surface area contributed by atoms with Crippen molar-refractivity contribution in [2.45, 2.75) is 12.5 Å². The maximum Gasteiger partial charge on any atom is 0.187 e. The van der Waals surface area contributed by atoms with Crippen LogP contribution >= 0.6 is 0 Å². The van der Waals surface area contributed by atoms with Gasteiger partial charge in [-0.25, -0.2) is 9.97 Å². The average Bonchev–Trinajstić information content (AvgIpc) is 3.33. The quantitative estimate of drug-likeness (QED) is 0.468. The first-order valence-electron chi connectivity index (χ1n) is 9.37. The van der Waals surface area contributed by atoms with E-state index in [0.717, 1.165) is 35.4 Å². The number of benzene rings is 1. The van der Waals surface area contributed by atoms with Crippen LogP contribution in [0.3, 0.4) is 0 Å². The highest BCUT2D eigenvalue weighted by molar-refractivity contribution is 5.81. The molecule has 142 valence electrons. The van der Waals surface area contributed by atoms with Gasteiger partial charge in [-0.2, -0.15) is 9.78 Å². The summed E-state index contributed by atoms with van der Waals surface area (Å²) in [6.45, 7) is 1.43. The van der Waals surface area contributed by atoms with Crippen LogP contribution in [0, 0.1) is 0 Å². The Balaban J connectivity index is 1.35. The van der Waals surface area contributed by atoms with Gasteiger partial charge >= 0.3 is 0 Å². The fourth-order valence-electron chi connectivity index (χ4n) is 3.44. The summed E-state index contributed by atoms with van der Waals surface area (Å²) in [5.74, 6) is 0.698. The topological polar surface area (TPSA) is 96.4 Å². The lowest BCUT2D eigenvalue weighted by atomic mass is 10.2. The summed E-state index contributed by atoms with van der Waals surface area (Å²) in [4.78, 5) is 13.6. The molecule has 9 heteroatoms. The minimum atomic E-state index is 0.333. The molecule has 0 unspecified atom stereocenters. The molecule has 1 fully saturated rings. The van der Waals surface area contributed by atoms with Gasteiger partial charge in [0.2, 0.25) is 0 Å². The molecule has 6 rings (SSSR count). The summed E-state index contributed by atoms with van der Waals surface area (Å²) >= 11 is 0.